The summed E-state index contributed by atoms with van der Waals surface area (Å²) in [5.41, 5.74) is 1.16. The number of nitriles is 1. The number of hydrogen-bond donors (Lipinski definition) is 0. The normalized spacial score (nSPS) is 10.3. The second-order valence-corrected chi connectivity index (χ2v) is 5.01. The predicted molar refractivity (Wildman–Crippen MR) is 78.9 cm³/mol. The van der Waals surface area contributed by atoms with Crippen molar-refractivity contribution in [2.45, 2.75) is 19.8 Å². The van der Waals surface area contributed by atoms with Crippen LogP contribution < -0.4 is 9.47 Å². The largest absolute Gasteiger partial charge is 0.497 e. The molecule has 0 aliphatic heterocycles. The van der Waals surface area contributed by atoms with Crippen LogP contribution in [0, 0.1) is 11.3 Å². The van der Waals surface area contributed by atoms with Gasteiger partial charge in [-0.2, -0.15) is 5.26 Å². The summed E-state index contributed by atoms with van der Waals surface area (Å²) in [6, 6.07) is 6.98. The van der Waals surface area contributed by atoms with Gasteiger partial charge in [0.15, 0.2) is 0 Å². The van der Waals surface area contributed by atoms with Gasteiger partial charge in [-0.15, -0.1) is 0 Å². The van der Waals surface area contributed by atoms with Gasteiger partial charge in [0.05, 0.1) is 24.3 Å². The Morgan fingerprint density at radius 3 is 2.52 bits per heavy atom. The Bertz CT molecular complexity index is 696. The number of rotatable bonds is 4. The van der Waals surface area contributed by atoms with Gasteiger partial charge in [-0.05, 0) is 18.1 Å². The SMILES string of the molecule is COc1cc(C#N)cc(Oc2ncnc(Cl)c2C(C)C)c1. The zero-order valence-corrected chi connectivity index (χ0v) is 12.7. The Balaban J connectivity index is 2.43. The molecule has 0 atom stereocenters. The number of hydrogen-bond acceptors (Lipinski definition) is 5. The molecule has 0 aliphatic rings. The molecule has 1 heterocycles. The summed E-state index contributed by atoms with van der Waals surface area (Å²) in [6.07, 6.45) is 1.34. The van der Waals surface area contributed by atoms with Crippen molar-refractivity contribution < 1.29 is 9.47 Å². The number of methoxy groups -OCH3 is 1. The summed E-state index contributed by atoms with van der Waals surface area (Å²) >= 11 is 6.10. The van der Waals surface area contributed by atoms with Crippen LogP contribution in [0.15, 0.2) is 24.5 Å². The van der Waals surface area contributed by atoms with Crippen LogP contribution in [0.3, 0.4) is 0 Å². The molecule has 0 fully saturated rings. The minimum atomic E-state index is 0.106. The first kappa shape index (κ1) is 15.1. The lowest BCUT2D eigenvalue weighted by atomic mass is 10.1. The lowest BCUT2D eigenvalue weighted by molar-refractivity contribution is 0.406. The maximum atomic E-state index is 9.03. The van der Waals surface area contributed by atoms with Crippen molar-refractivity contribution in [1.29, 1.82) is 5.26 Å². The topological polar surface area (TPSA) is 68.0 Å². The van der Waals surface area contributed by atoms with Crippen LogP contribution in [0.1, 0.15) is 30.9 Å². The monoisotopic (exact) mass is 303 g/mol. The minimum Gasteiger partial charge on any atom is -0.497 e. The predicted octanol–water partition coefficient (Wildman–Crippen LogP) is 3.93. The standard InChI is InChI=1S/C15H14ClN3O2/c1-9(2)13-14(16)18-8-19-15(13)21-12-5-10(7-17)4-11(6-12)20-3/h4-6,8-9H,1-3H3. The summed E-state index contributed by atoms with van der Waals surface area (Å²) in [6.45, 7) is 3.95. The highest BCUT2D eigenvalue weighted by Crippen LogP contribution is 2.34. The number of ether oxygens (including phenoxy) is 2. The summed E-state index contributed by atoms with van der Waals surface area (Å²) in [7, 11) is 1.53. The second-order valence-electron chi connectivity index (χ2n) is 4.65. The first-order chi connectivity index (χ1) is 10.0. The summed E-state index contributed by atoms with van der Waals surface area (Å²) in [4.78, 5) is 8.09. The first-order valence-corrected chi connectivity index (χ1v) is 6.70. The fourth-order valence-corrected chi connectivity index (χ4v) is 2.19. The Labute approximate surface area is 128 Å². The van der Waals surface area contributed by atoms with Gasteiger partial charge in [-0.1, -0.05) is 25.4 Å². The summed E-state index contributed by atoms with van der Waals surface area (Å²) in [5, 5.41) is 9.39. The molecule has 5 nitrogen and oxygen atoms in total. The highest BCUT2D eigenvalue weighted by Gasteiger charge is 2.16. The average molecular weight is 304 g/mol. The van der Waals surface area contributed by atoms with Gasteiger partial charge in [-0.3, -0.25) is 0 Å². The van der Waals surface area contributed by atoms with Crippen molar-refractivity contribution in [1.82, 2.24) is 9.97 Å². The first-order valence-electron chi connectivity index (χ1n) is 6.32. The molecule has 0 N–H and O–H groups in total. The van der Waals surface area contributed by atoms with E-state index in [9.17, 15) is 0 Å². The number of halogens is 1. The Morgan fingerprint density at radius 2 is 1.90 bits per heavy atom. The number of benzene rings is 1. The van der Waals surface area contributed by atoms with Gasteiger partial charge in [0, 0.05) is 6.07 Å². The molecule has 0 spiro atoms. The molecule has 6 heteroatoms. The Kier molecular flexibility index (Phi) is 4.61. The Hall–Kier alpha value is -2.32. The maximum absolute atomic E-state index is 9.03. The van der Waals surface area contributed by atoms with Gasteiger partial charge in [-0.25, -0.2) is 9.97 Å². The van der Waals surface area contributed by atoms with Crippen molar-refractivity contribution in [2.75, 3.05) is 7.11 Å². The van der Waals surface area contributed by atoms with E-state index in [1.807, 2.05) is 13.8 Å². The van der Waals surface area contributed by atoms with Crippen molar-refractivity contribution in [3.8, 4) is 23.4 Å². The zero-order valence-electron chi connectivity index (χ0n) is 11.9. The van der Waals surface area contributed by atoms with Crippen LogP contribution in [-0.2, 0) is 0 Å². The number of aromatic nitrogens is 2. The van der Waals surface area contributed by atoms with E-state index in [2.05, 4.69) is 16.0 Å². The lowest BCUT2D eigenvalue weighted by Crippen LogP contribution is -2.00. The van der Waals surface area contributed by atoms with Crippen LogP contribution in [0.2, 0.25) is 5.15 Å². The molecule has 2 rings (SSSR count). The van der Waals surface area contributed by atoms with E-state index in [1.165, 1.54) is 13.4 Å². The molecule has 2 aromatic rings. The van der Waals surface area contributed by atoms with Crippen LogP contribution >= 0.6 is 11.6 Å². The molecule has 0 amide bonds. The van der Waals surface area contributed by atoms with Gasteiger partial charge in [0.2, 0.25) is 5.88 Å². The molecule has 108 valence electrons. The third-order valence-corrected chi connectivity index (χ3v) is 3.14. The third-order valence-electron chi connectivity index (χ3n) is 2.84. The van der Waals surface area contributed by atoms with Crippen molar-refractivity contribution in [2.24, 2.45) is 0 Å². The van der Waals surface area contributed by atoms with Crippen LogP contribution in [-0.4, -0.2) is 17.1 Å². The van der Waals surface area contributed by atoms with E-state index in [1.54, 1.807) is 18.2 Å². The molecule has 0 bridgehead atoms. The van der Waals surface area contributed by atoms with Crippen LogP contribution in [0.5, 0.6) is 17.4 Å². The molecule has 0 saturated heterocycles. The molecular weight excluding hydrogens is 290 g/mol. The molecule has 0 unspecified atom stereocenters. The minimum absolute atomic E-state index is 0.106. The quantitative estimate of drug-likeness (QED) is 0.801. The summed E-state index contributed by atoms with van der Waals surface area (Å²) < 4.78 is 10.9. The molecule has 0 saturated carbocycles. The van der Waals surface area contributed by atoms with Gasteiger partial charge >= 0.3 is 0 Å². The van der Waals surface area contributed by atoms with Crippen molar-refractivity contribution in [3.05, 3.63) is 40.8 Å². The van der Waals surface area contributed by atoms with E-state index < -0.39 is 0 Å². The van der Waals surface area contributed by atoms with E-state index in [0.29, 0.717) is 28.1 Å². The van der Waals surface area contributed by atoms with E-state index >= 15 is 0 Å². The molecule has 1 aromatic carbocycles. The fraction of sp³-hybridized carbons (Fsp3) is 0.267. The average Bonchev–Trinajstić information content (AvgIpc) is 2.46. The third kappa shape index (κ3) is 3.41. The maximum Gasteiger partial charge on any atom is 0.227 e. The van der Waals surface area contributed by atoms with E-state index in [4.69, 9.17) is 26.3 Å². The summed E-state index contributed by atoms with van der Waals surface area (Å²) in [5.74, 6) is 1.48. The van der Waals surface area contributed by atoms with Crippen LogP contribution in [0.25, 0.3) is 0 Å². The van der Waals surface area contributed by atoms with E-state index in [-0.39, 0.29) is 5.92 Å². The lowest BCUT2D eigenvalue weighted by Gasteiger charge is -2.13. The zero-order chi connectivity index (χ0) is 15.4. The molecule has 0 aliphatic carbocycles. The molecular formula is C15H14ClN3O2. The highest BCUT2D eigenvalue weighted by molar-refractivity contribution is 6.30. The van der Waals surface area contributed by atoms with Gasteiger partial charge < -0.3 is 9.47 Å². The Morgan fingerprint density at radius 1 is 1.19 bits per heavy atom. The van der Waals surface area contributed by atoms with Gasteiger partial charge in [0.25, 0.3) is 0 Å². The fourth-order valence-electron chi connectivity index (χ4n) is 1.85. The second kappa shape index (κ2) is 6.42. The van der Waals surface area contributed by atoms with E-state index in [0.717, 1.165) is 5.56 Å². The molecule has 1 aromatic heterocycles. The molecule has 0 radical (unpaired) electrons. The smallest absolute Gasteiger partial charge is 0.227 e. The van der Waals surface area contributed by atoms with Crippen molar-refractivity contribution in [3.63, 3.8) is 0 Å². The number of nitrogens with zero attached hydrogens (tertiary/aromatic N) is 3. The molecule has 21 heavy (non-hydrogen) atoms. The van der Waals surface area contributed by atoms with Crippen molar-refractivity contribution >= 4 is 11.6 Å². The van der Waals surface area contributed by atoms with Crippen LogP contribution in [0.4, 0.5) is 0 Å². The van der Waals surface area contributed by atoms with Gasteiger partial charge in [0.1, 0.15) is 23.0 Å². The highest BCUT2D eigenvalue weighted by atomic mass is 35.5.